The Morgan fingerprint density at radius 3 is 1.30 bits per heavy atom. The Kier molecular flexibility index (Phi) is 5.25. The van der Waals surface area contributed by atoms with Crippen molar-refractivity contribution in [3.05, 3.63) is 158 Å². The highest BCUT2D eigenvalue weighted by Gasteiger charge is 2.18. The van der Waals surface area contributed by atoms with Crippen molar-refractivity contribution < 1.29 is 0 Å². The monoisotopic (exact) mass is 586 g/mol. The summed E-state index contributed by atoms with van der Waals surface area (Å²) in [4.78, 5) is 8.75. The molecule has 0 amide bonds. The van der Waals surface area contributed by atoms with E-state index in [2.05, 4.69) is 140 Å². The zero-order valence-electron chi connectivity index (χ0n) is 24.8. The predicted molar refractivity (Wildman–Crippen MR) is 190 cm³/mol. The zero-order chi connectivity index (χ0) is 30.2. The number of benzene rings is 6. The molecule has 214 valence electrons. The molecule has 4 heteroatoms. The molecule has 0 aliphatic rings. The standard InChI is InChI=1S/C42H26N4/c1-5-27-11-12-28-6-2-10-40-42(28)41(27)39(9-1)46(40)34-17-15-33(16-18-34)45-37-19-13-29(31-7-3-21-43-25-31)23-35(37)36-24-30(14-20-38(36)45)32-8-4-22-44-26-32/h1-26H. The van der Waals surface area contributed by atoms with Crippen molar-refractivity contribution in [3.63, 3.8) is 0 Å². The average Bonchev–Trinajstić information content (AvgIpc) is 3.65. The topological polar surface area (TPSA) is 35.6 Å². The molecule has 6 aromatic carbocycles. The third kappa shape index (κ3) is 3.61. The fraction of sp³-hybridized carbons (Fsp3) is 0. The maximum absolute atomic E-state index is 4.37. The highest BCUT2D eigenvalue weighted by Crippen LogP contribution is 2.40. The SMILES string of the molecule is c1cncc(-c2ccc3c(c2)c2cc(-c4cccnc4)ccc2n3-c2ccc(-n3c4cccc5ccc6cccc3c6c54)cc2)c1. The van der Waals surface area contributed by atoms with E-state index in [1.165, 1.54) is 54.4 Å². The Balaban J connectivity index is 1.18. The number of rotatable bonds is 4. The molecule has 4 aromatic heterocycles. The van der Waals surface area contributed by atoms with Gasteiger partial charge in [-0.15, -0.1) is 0 Å². The first-order valence-corrected chi connectivity index (χ1v) is 15.6. The minimum Gasteiger partial charge on any atom is -0.309 e. The van der Waals surface area contributed by atoms with Crippen LogP contribution < -0.4 is 0 Å². The molecule has 10 rings (SSSR count). The van der Waals surface area contributed by atoms with Crippen LogP contribution in [-0.4, -0.2) is 19.1 Å². The summed E-state index contributed by atoms with van der Waals surface area (Å²) in [7, 11) is 0. The summed E-state index contributed by atoms with van der Waals surface area (Å²) in [6, 6.07) is 48.4. The molecular weight excluding hydrogens is 560 g/mol. The van der Waals surface area contributed by atoms with Crippen molar-refractivity contribution in [2.45, 2.75) is 0 Å². The quantitative estimate of drug-likeness (QED) is 0.192. The number of hydrogen-bond acceptors (Lipinski definition) is 2. The van der Waals surface area contributed by atoms with Gasteiger partial charge in [-0.25, -0.2) is 0 Å². The molecule has 0 fully saturated rings. The van der Waals surface area contributed by atoms with Crippen LogP contribution in [0, 0.1) is 0 Å². The molecule has 0 atom stereocenters. The second-order valence-corrected chi connectivity index (χ2v) is 12.0. The minimum atomic E-state index is 1.11. The Bertz CT molecular complexity index is 2550. The molecule has 4 heterocycles. The summed E-state index contributed by atoms with van der Waals surface area (Å²) in [6.07, 6.45) is 7.49. The van der Waals surface area contributed by atoms with E-state index in [4.69, 9.17) is 0 Å². The zero-order valence-corrected chi connectivity index (χ0v) is 24.8. The number of pyridine rings is 2. The van der Waals surface area contributed by atoms with Crippen LogP contribution in [0.1, 0.15) is 0 Å². The van der Waals surface area contributed by atoms with Gasteiger partial charge in [-0.3, -0.25) is 9.97 Å². The van der Waals surface area contributed by atoms with E-state index in [0.29, 0.717) is 0 Å². The van der Waals surface area contributed by atoms with Crippen LogP contribution in [-0.2, 0) is 0 Å². The summed E-state index contributed by atoms with van der Waals surface area (Å²) in [6.45, 7) is 0. The van der Waals surface area contributed by atoms with Gasteiger partial charge in [0.15, 0.2) is 0 Å². The van der Waals surface area contributed by atoms with Gasteiger partial charge in [0.1, 0.15) is 0 Å². The normalized spacial score (nSPS) is 11.9. The van der Waals surface area contributed by atoms with Gasteiger partial charge in [-0.1, -0.05) is 60.7 Å². The van der Waals surface area contributed by atoms with Crippen LogP contribution in [0.25, 0.3) is 88.0 Å². The van der Waals surface area contributed by atoms with Crippen LogP contribution in [0.4, 0.5) is 0 Å². The van der Waals surface area contributed by atoms with Crippen LogP contribution in [0.15, 0.2) is 158 Å². The lowest BCUT2D eigenvalue weighted by atomic mass is 10.0. The fourth-order valence-corrected chi connectivity index (χ4v) is 7.38. The smallest absolute Gasteiger partial charge is 0.0547 e. The van der Waals surface area contributed by atoms with E-state index in [1.54, 1.807) is 0 Å². The van der Waals surface area contributed by atoms with Crippen molar-refractivity contribution in [1.82, 2.24) is 19.1 Å². The van der Waals surface area contributed by atoms with E-state index in [9.17, 15) is 0 Å². The molecule has 0 N–H and O–H groups in total. The first-order valence-electron chi connectivity index (χ1n) is 15.6. The van der Waals surface area contributed by atoms with Gasteiger partial charge in [0.05, 0.1) is 22.1 Å². The molecule has 0 unspecified atom stereocenters. The van der Waals surface area contributed by atoms with Crippen molar-refractivity contribution in [1.29, 1.82) is 0 Å². The number of nitrogens with zero attached hydrogens (tertiary/aromatic N) is 4. The second kappa shape index (κ2) is 9.62. The third-order valence-electron chi connectivity index (χ3n) is 9.44. The number of fused-ring (bicyclic) bond motifs is 3. The molecule has 0 spiro atoms. The Labute approximate surface area is 264 Å². The average molecular weight is 587 g/mol. The lowest BCUT2D eigenvalue weighted by Gasteiger charge is -2.12. The van der Waals surface area contributed by atoms with Crippen LogP contribution >= 0.6 is 0 Å². The predicted octanol–water partition coefficient (Wildman–Crippen LogP) is 10.6. The molecular formula is C42H26N4. The van der Waals surface area contributed by atoms with E-state index in [1.807, 2.05) is 36.9 Å². The maximum Gasteiger partial charge on any atom is 0.0547 e. The van der Waals surface area contributed by atoms with E-state index < -0.39 is 0 Å². The second-order valence-electron chi connectivity index (χ2n) is 12.0. The van der Waals surface area contributed by atoms with Crippen molar-refractivity contribution in [2.24, 2.45) is 0 Å². The molecule has 0 aliphatic heterocycles. The molecule has 0 aliphatic carbocycles. The van der Waals surface area contributed by atoms with Gasteiger partial charge in [0.25, 0.3) is 0 Å². The summed E-state index contributed by atoms with van der Waals surface area (Å²) < 4.78 is 4.79. The van der Waals surface area contributed by atoms with Gasteiger partial charge < -0.3 is 9.13 Å². The molecule has 0 saturated heterocycles. The fourth-order valence-electron chi connectivity index (χ4n) is 7.38. The van der Waals surface area contributed by atoms with E-state index in [0.717, 1.165) is 33.6 Å². The van der Waals surface area contributed by atoms with E-state index >= 15 is 0 Å². The van der Waals surface area contributed by atoms with Gasteiger partial charge in [-0.2, -0.15) is 0 Å². The largest absolute Gasteiger partial charge is 0.309 e. The van der Waals surface area contributed by atoms with Gasteiger partial charge in [0.2, 0.25) is 0 Å². The lowest BCUT2D eigenvalue weighted by molar-refractivity contribution is 1.14. The Morgan fingerprint density at radius 2 is 0.848 bits per heavy atom. The minimum absolute atomic E-state index is 1.11. The molecule has 10 aromatic rings. The van der Waals surface area contributed by atoms with Gasteiger partial charge in [-0.05, 0) is 94.7 Å². The summed E-state index contributed by atoms with van der Waals surface area (Å²) in [5.74, 6) is 0. The van der Waals surface area contributed by atoms with Gasteiger partial charge in [0, 0.05) is 68.8 Å². The molecule has 46 heavy (non-hydrogen) atoms. The van der Waals surface area contributed by atoms with E-state index in [-0.39, 0.29) is 0 Å². The molecule has 0 radical (unpaired) electrons. The molecule has 0 saturated carbocycles. The van der Waals surface area contributed by atoms with Crippen molar-refractivity contribution in [3.8, 4) is 33.6 Å². The summed E-state index contributed by atoms with van der Waals surface area (Å²) in [5, 5.41) is 7.63. The summed E-state index contributed by atoms with van der Waals surface area (Å²) in [5.41, 5.74) is 11.6. The van der Waals surface area contributed by atoms with Crippen LogP contribution in [0.5, 0.6) is 0 Å². The Hall–Kier alpha value is -6.26. The maximum atomic E-state index is 4.37. The Morgan fingerprint density at radius 1 is 0.370 bits per heavy atom. The summed E-state index contributed by atoms with van der Waals surface area (Å²) >= 11 is 0. The van der Waals surface area contributed by atoms with Crippen molar-refractivity contribution >= 4 is 54.4 Å². The first-order chi connectivity index (χ1) is 22.8. The number of aromatic nitrogens is 4. The molecule has 4 nitrogen and oxygen atoms in total. The highest BCUT2D eigenvalue weighted by molar-refractivity contribution is 6.24. The van der Waals surface area contributed by atoms with Crippen LogP contribution in [0.2, 0.25) is 0 Å². The number of hydrogen-bond donors (Lipinski definition) is 0. The highest BCUT2D eigenvalue weighted by atomic mass is 15.0. The third-order valence-corrected chi connectivity index (χ3v) is 9.44. The van der Waals surface area contributed by atoms with Crippen molar-refractivity contribution in [2.75, 3.05) is 0 Å². The van der Waals surface area contributed by atoms with Gasteiger partial charge >= 0.3 is 0 Å². The molecule has 0 bridgehead atoms. The lowest BCUT2D eigenvalue weighted by Crippen LogP contribution is -1.97. The first kappa shape index (κ1) is 25.1. The van der Waals surface area contributed by atoms with Crippen LogP contribution in [0.3, 0.4) is 0 Å².